The largest absolute Gasteiger partial charge is 0.444 e. The number of fused-ring (bicyclic) bond motifs is 2. The van der Waals surface area contributed by atoms with Crippen LogP contribution in [0.3, 0.4) is 0 Å². The van der Waals surface area contributed by atoms with Crippen LogP contribution in [0.1, 0.15) is 46.5 Å². The van der Waals surface area contributed by atoms with E-state index in [4.69, 9.17) is 16.3 Å². The zero-order valence-electron chi connectivity index (χ0n) is 13.8. The van der Waals surface area contributed by atoms with Crippen LogP contribution in [0.5, 0.6) is 0 Å². The monoisotopic (exact) mass is 366 g/mol. The number of nitrogens with zero attached hydrogens (tertiary/aromatic N) is 1. The second-order valence-corrected chi connectivity index (χ2v) is 8.94. The summed E-state index contributed by atoms with van der Waals surface area (Å²) in [6.07, 6.45) is 3.54. The van der Waals surface area contributed by atoms with Gasteiger partial charge in [-0.1, -0.05) is 11.6 Å². The number of amides is 1. The highest BCUT2D eigenvalue weighted by Gasteiger charge is 2.43. The summed E-state index contributed by atoms with van der Waals surface area (Å²) in [6, 6.07) is 0.0415. The van der Waals surface area contributed by atoms with E-state index in [2.05, 4.69) is 9.76 Å². The number of rotatable bonds is 3. The molecule has 1 N–H and O–H groups in total. The molecule has 9 heteroatoms. The number of nitrogens with one attached hydrogen (secondary N) is 1. The van der Waals surface area contributed by atoms with Gasteiger partial charge in [0.1, 0.15) is 10.8 Å². The van der Waals surface area contributed by atoms with Gasteiger partial charge in [0.2, 0.25) is 0 Å². The maximum absolute atomic E-state index is 12.3. The van der Waals surface area contributed by atoms with Gasteiger partial charge < -0.3 is 9.64 Å². The minimum atomic E-state index is -3.63. The third-order valence-corrected chi connectivity index (χ3v) is 4.51. The predicted molar refractivity (Wildman–Crippen MR) is 86.1 cm³/mol. The average molecular weight is 367 g/mol. The van der Waals surface area contributed by atoms with Crippen molar-refractivity contribution >= 4 is 27.8 Å². The number of hydrogen-bond donors (Lipinski definition) is 1. The Morgan fingerprint density at radius 1 is 1.26 bits per heavy atom. The summed E-state index contributed by atoms with van der Waals surface area (Å²) in [6.45, 7) is 5.52. The molecular weight excluding hydrogens is 344 g/mol. The summed E-state index contributed by atoms with van der Waals surface area (Å²) in [5, 5.41) is 0.177. The Morgan fingerprint density at radius 2 is 1.78 bits per heavy atom. The Labute approximate surface area is 142 Å². The van der Waals surface area contributed by atoms with Crippen molar-refractivity contribution in [2.24, 2.45) is 0 Å². The Morgan fingerprint density at radius 3 is 2.22 bits per heavy atom. The molecule has 2 fully saturated rings. The molecule has 0 aromatic heterocycles. The van der Waals surface area contributed by atoms with Gasteiger partial charge in [0.05, 0.1) is 6.26 Å². The zero-order chi connectivity index (χ0) is 17.4. The summed E-state index contributed by atoms with van der Waals surface area (Å²) in [7, 11) is -3.63. The molecule has 2 aliphatic rings. The van der Waals surface area contributed by atoms with Crippen molar-refractivity contribution in [3.05, 3.63) is 10.7 Å². The number of hydroxylamine groups is 1. The lowest BCUT2D eigenvalue weighted by Crippen LogP contribution is -2.47. The molecule has 1 amide bonds. The molecule has 132 valence electrons. The third-order valence-electron chi connectivity index (χ3n) is 3.78. The van der Waals surface area contributed by atoms with Gasteiger partial charge in [-0.05, 0) is 52.0 Å². The van der Waals surface area contributed by atoms with Gasteiger partial charge in [0.15, 0.2) is 0 Å². The fraction of sp³-hybridized carbons (Fsp3) is 0.786. The first-order chi connectivity index (χ1) is 10.5. The van der Waals surface area contributed by atoms with Gasteiger partial charge in [-0.15, -0.1) is 0 Å². The van der Waals surface area contributed by atoms with Crippen molar-refractivity contribution in [2.75, 3.05) is 6.26 Å². The van der Waals surface area contributed by atoms with Gasteiger partial charge in [0, 0.05) is 12.1 Å². The van der Waals surface area contributed by atoms with Crippen LogP contribution in [0.15, 0.2) is 10.7 Å². The molecule has 23 heavy (non-hydrogen) atoms. The first kappa shape index (κ1) is 18.4. The standard InChI is InChI=1S/C14H23ClN2O5S/c1-14(2,3)21-13(18)17-10-5-6-11(17)8-9(7-10)12(15)16-22-23(4,19)20/h10-11,16H,5-8H2,1-4H3. The number of ether oxygens (including phenoxy) is 1. The van der Waals surface area contributed by atoms with E-state index in [1.165, 1.54) is 0 Å². The van der Waals surface area contributed by atoms with Crippen LogP contribution in [-0.4, -0.2) is 43.4 Å². The van der Waals surface area contributed by atoms with E-state index in [9.17, 15) is 13.2 Å². The highest BCUT2D eigenvalue weighted by molar-refractivity contribution is 7.85. The lowest BCUT2D eigenvalue weighted by Gasteiger charge is -2.37. The Bertz CT molecular complexity index is 595. The fourth-order valence-corrected chi connectivity index (χ4v) is 3.46. The van der Waals surface area contributed by atoms with Gasteiger partial charge in [-0.2, -0.15) is 12.7 Å². The van der Waals surface area contributed by atoms with E-state index in [0.717, 1.165) is 24.7 Å². The van der Waals surface area contributed by atoms with Gasteiger partial charge >= 0.3 is 6.09 Å². The summed E-state index contributed by atoms with van der Waals surface area (Å²) in [5.74, 6) is 0. The summed E-state index contributed by atoms with van der Waals surface area (Å²) >= 11 is 6.10. The molecular formula is C14H23ClN2O5S. The van der Waals surface area contributed by atoms with Crippen molar-refractivity contribution in [2.45, 2.75) is 64.1 Å². The zero-order valence-corrected chi connectivity index (χ0v) is 15.3. The van der Waals surface area contributed by atoms with Crippen molar-refractivity contribution in [3.8, 4) is 0 Å². The molecule has 0 spiro atoms. The van der Waals surface area contributed by atoms with Crippen LogP contribution >= 0.6 is 11.6 Å². The quantitative estimate of drug-likeness (QED) is 0.610. The second kappa shape index (κ2) is 6.49. The van der Waals surface area contributed by atoms with Crippen molar-refractivity contribution in [1.29, 1.82) is 0 Å². The van der Waals surface area contributed by atoms with Crippen molar-refractivity contribution in [3.63, 3.8) is 0 Å². The fourth-order valence-electron chi connectivity index (χ4n) is 2.99. The maximum Gasteiger partial charge on any atom is 0.410 e. The molecule has 7 nitrogen and oxygen atoms in total. The normalized spacial score (nSPS) is 24.6. The summed E-state index contributed by atoms with van der Waals surface area (Å²) in [4.78, 5) is 14.1. The van der Waals surface area contributed by atoms with Crippen LogP contribution in [0.25, 0.3) is 0 Å². The molecule has 2 atom stereocenters. The van der Waals surface area contributed by atoms with E-state index in [1.807, 2.05) is 20.8 Å². The Hall–Kier alpha value is -0.990. The molecule has 2 aliphatic heterocycles. The lowest BCUT2D eigenvalue weighted by atomic mass is 9.98. The molecule has 0 aromatic rings. The van der Waals surface area contributed by atoms with Crippen LogP contribution < -0.4 is 5.48 Å². The Kier molecular flexibility index (Phi) is 5.18. The van der Waals surface area contributed by atoms with Gasteiger partial charge in [0.25, 0.3) is 10.1 Å². The van der Waals surface area contributed by atoms with E-state index in [1.54, 1.807) is 4.90 Å². The molecule has 0 radical (unpaired) electrons. The van der Waals surface area contributed by atoms with Gasteiger partial charge in [-0.25, -0.2) is 10.3 Å². The molecule has 2 saturated heterocycles. The smallest absolute Gasteiger partial charge is 0.410 e. The second-order valence-electron chi connectivity index (χ2n) is 6.99. The van der Waals surface area contributed by atoms with Crippen LogP contribution in [-0.2, 0) is 19.1 Å². The number of carbonyl (C=O) groups excluding carboxylic acids is 1. The maximum atomic E-state index is 12.3. The van der Waals surface area contributed by atoms with Crippen LogP contribution in [0.4, 0.5) is 4.79 Å². The average Bonchev–Trinajstić information content (AvgIpc) is 2.64. The van der Waals surface area contributed by atoms with Gasteiger partial charge in [-0.3, -0.25) is 0 Å². The summed E-state index contributed by atoms with van der Waals surface area (Å²) < 4.78 is 32.0. The summed E-state index contributed by atoms with van der Waals surface area (Å²) in [5.41, 5.74) is 2.60. The predicted octanol–water partition coefficient (Wildman–Crippen LogP) is 2.48. The first-order valence-corrected chi connectivity index (χ1v) is 9.69. The molecule has 2 unspecified atom stereocenters. The number of piperidine rings is 1. The molecule has 0 aliphatic carbocycles. The first-order valence-electron chi connectivity index (χ1n) is 7.49. The van der Waals surface area contributed by atoms with Crippen molar-refractivity contribution in [1.82, 2.24) is 10.4 Å². The minimum Gasteiger partial charge on any atom is -0.444 e. The Balaban J connectivity index is 2.05. The molecule has 2 heterocycles. The topological polar surface area (TPSA) is 84.9 Å². The van der Waals surface area contributed by atoms with E-state index in [0.29, 0.717) is 12.8 Å². The molecule has 2 rings (SSSR count). The molecule has 2 bridgehead atoms. The SMILES string of the molecule is CC(C)(C)OC(=O)N1C2CCC1CC(=C(Cl)NOS(C)(=O)=O)C2. The lowest BCUT2D eigenvalue weighted by molar-refractivity contribution is 0.0114. The van der Waals surface area contributed by atoms with E-state index < -0.39 is 15.7 Å². The number of halogens is 1. The molecule has 0 aromatic carbocycles. The van der Waals surface area contributed by atoms with Crippen LogP contribution in [0, 0.1) is 0 Å². The third kappa shape index (κ3) is 4.99. The van der Waals surface area contributed by atoms with E-state index in [-0.39, 0.29) is 23.3 Å². The highest BCUT2D eigenvalue weighted by atomic mass is 35.5. The number of hydrogen-bond acceptors (Lipinski definition) is 6. The van der Waals surface area contributed by atoms with E-state index >= 15 is 0 Å². The van der Waals surface area contributed by atoms with Crippen LogP contribution in [0.2, 0.25) is 0 Å². The minimum absolute atomic E-state index is 0.0207. The van der Waals surface area contributed by atoms with Crippen molar-refractivity contribution < 1.29 is 22.2 Å². The molecule has 0 saturated carbocycles. The highest BCUT2D eigenvalue weighted by Crippen LogP contribution is 2.40. The number of carbonyl (C=O) groups is 1.